The fraction of sp³-hybridized carbons (Fsp3) is 1.00. The molecular formula is C12H26N2O9. The molecule has 1 rings (SSSR count). The minimum absolute atomic E-state index is 0.614. The summed E-state index contributed by atoms with van der Waals surface area (Å²) in [5.41, 5.74) is 11.2. The highest BCUT2D eigenvalue weighted by molar-refractivity contribution is 4.93. The zero-order valence-electron chi connectivity index (χ0n) is 12.4. The number of aliphatic hydroxyl groups is 7. The van der Waals surface area contributed by atoms with Crippen LogP contribution in [0.25, 0.3) is 0 Å². The Hall–Kier alpha value is -0.440. The molecule has 1 aliphatic heterocycles. The Morgan fingerprint density at radius 2 is 1.65 bits per heavy atom. The van der Waals surface area contributed by atoms with Crippen molar-refractivity contribution in [3.8, 4) is 0 Å². The maximum atomic E-state index is 10.00. The summed E-state index contributed by atoms with van der Waals surface area (Å²) in [6, 6.07) is -2.43. The minimum atomic E-state index is -1.57. The van der Waals surface area contributed by atoms with Gasteiger partial charge >= 0.3 is 0 Å². The van der Waals surface area contributed by atoms with Crippen molar-refractivity contribution < 1.29 is 45.2 Å². The smallest absolute Gasteiger partial charge is 0.176 e. The highest BCUT2D eigenvalue weighted by Gasteiger charge is 2.45. The molecule has 0 radical (unpaired) electrons. The molecule has 11 N–H and O–H groups in total. The third kappa shape index (κ3) is 4.78. The summed E-state index contributed by atoms with van der Waals surface area (Å²) in [6.45, 7) is -2.02. The fourth-order valence-electron chi connectivity index (χ4n) is 2.24. The van der Waals surface area contributed by atoms with Gasteiger partial charge in [-0.2, -0.15) is 0 Å². The van der Waals surface area contributed by atoms with Crippen LogP contribution >= 0.6 is 0 Å². The van der Waals surface area contributed by atoms with Crippen LogP contribution in [0.15, 0.2) is 0 Å². The lowest BCUT2D eigenvalue weighted by atomic mass is 9.97. The van der Waals surface area contributed by atoms with Crippen LogP contribution in [0.5, 0.6) is 0 Å². The molecule has 0 bridgehead atoms. The van der Waals surface area contributed by atoms with E-state index in [0.29, 0.717) is 0 Å². The average Bonchev–Trinajstić information content (AvgIpc) is 2.57. The third-order valence-electron chi connectivity index (χ3n) is 3.77. The molecule has 138 valence electrons. The first-order valence-corrected chi connectivity index (χ1v) is 7.15. The summed E-state index contributed by atoms with van der Waals surface area (Å²) in [4.78, 5) is 0. The molecule has 1 fully saturated rings. The lowest BCUT2D eigenvalue weighted by Crippen LogP contribution is -2.64. The van der Waals surface area contributed by atoms with E-state index in [0.717, 1.165) is 0 Å². The topological polar surface area (TPSA) is 212 Å². The largest absolute Gasteiger partial charge is 0.395 e. The van der Waals surface area contributed by atoms with Crippen LogP contribution in [0.1, 0.15) is 0 Å². The number of hydrogen-bond acceptors (Lipinski definition) is 11. The van der Waals surface area contributed by atoms with E-state index < -0.39 is 74.8 Å². The lowest BCUT2D eigenvalue weighted by molar-refractivity contribution is -0.296. The Balaban J connectivity index is 2.89. The van der Waals surface area contributed by atoms with E-state index in [1.165, 1.54) is 0 Å². The van der Waals surface area contributed by atoms with Crippen LogP contribution < -0.4 is 11.5 Å². The van der Waals surface area contributed by atoms with Gasteiger partial charge in [-0.25, -0.2) is 0 Å². The van der Waals surface area contributed by atoms with E-state index in [2.05, 4.69) is 0 Å². The van der Waals surface area contributed by atoms with Gasteiger partial charge in [0, 0.05) is 0 Å². The van der Waals surface area contributed by atoms with Gasteiger partial charge in [0.25, 0.3) is 0 Å². The SMILES string of the molecule is NC1[C@H](O[C@@H](C(O)CO)[C@H](O)C(N)CO)OC(CO)[C@H](O)[C@@H]1O. The highest BCUT2D eigenvalue weighted by Crippen LogP contribution is 2.23. The van der Waals surface area contributed by atoms with Crippen molar-refractivity contribution in [2.75, 3.05) is 19.8 Å². The van der Waals surface area contributed by atoms with Gasteiger partial charge < -0.3 is 56.7 Å². The zero-order valence-corrected chi connectivity index (χ0v) is 12.4. The first kappa shape index (κ1) is 20.6. The number of hydrogen-bond donors (Lipinski definition) is 9. The predicted molar refractivity (Wildman–Crippen MR) is 74.8 cm³/mol. The second-order valence-corrected chi connectivity index (χ2v) is 5.47. The zero-order chi connectivity index (χ0) is 17.7. The van der Waals surface area contributed by atoms with E-state index in [4.69, 9.17) is 36.3 Å². The monoisotopic (exact) mass is 342 g/mol. The second kappa shape index (κ2) is 9.15. The van der Waals surface area contributed by atoms with Gasteiger partial charge in [-0.15, -0.1) is 0 Å². The number of ether oxygens (including phenoxy) is 2. The molecule has 1 heterocycles. The molecule has 0 aromatic carbocycles. The summed E-state index contributed by atoms with van der Waals surface area (Å²) >= 11 is 0. The fourth-order valence-corrected chi connectivity index (χ4v) is 2.24. The normalized spacial score (nSPS) is 37.2. The van der Waals surface area contributed by atoms with Crippen molar-refractivity contribution in [2.45, 2.75) is 55.0 Å². The van der Waals surface area contributed by atoms with Crippen LogP contribution in [0.3, 0.4) is 0 Å². The summed E-state index contributed by atoms with van der Waals surface area (Å²) in [5.74, 6) is 0. The molecule has 0 aromatic rings. The molecule has 0 spiro atoms. The van der Waals surface area contributed by atoms with Gasteiger partial charge in [0.05, 0.1) is 31.9 Å². The molecule has 0 aromatic heterocycles. The summed E-state index contributed by atoms with van der Waals surface area (Å²) in [7, 11) is 0. The van der Waals surface area contributed by atoms with Crippen molar-refractivity contribution in [3.05, 3.63) is 0 Å². The Morgan fingerprint density at radius 1 is 1.04 bits per heavy atom. The van der Waals surface area contributed by atoms with Crippen molar-refractivity contribution in [3.63, 3.8) is 0 Å². The van der Waals surface area contributed by atoms with E-state index in [-0.39, 0.29) is 0 Å². The van der Waals surface area contributed by atoms with Gasteiger partial charge in [-0.3, -0.25) is 0 Å². The first-order valence-electron chi connectivity index (χ1n) is 7.15. The van der Waals surface area contributed by atoms with Gasteiger partial charge in [0.2, 0.25) is 0 Å². The van der Waals surface area contributed by atoms with Crippen molar-refractivity contribution in [1.82, 2.24) is 0 Å². The van der Waals surface area contributed by atoms with Crippen LogP contribution in [0.4, 0.5) is 0 Å². The van der Waals surface area contributed by atoms with Crippen molar-refractivity contribution in [2.24, 2.45) is 11.5 Å². The van der Waals surface area contributed by atoms with E-state index in [1.54, 1.807) is 0 Å². The molecule has 11 nitrogen and oxygen atoms in total. The molecule has 1 aliphatic rings. The highest BCUT2D eigenvalue weighted by atomic mass is 16.7. The average molecular weight is 342 g/mol. The van der Waals surface area contributed by atoms with Crippen molar-refractivity contribution >= 4 is 0 Å². The third-order valence-corrected chi connectivity index (χ3v) is 3.77. The first-order chi connectivity index (χ1) is 10.8. The van der Waals surface area contributed by atoms with Crippen LogP contribution in [-0.2, 0) is 9.47 Å². The molecule has 11 heteroatoms. The summed E-state index contributed by atoms with van der Waals surface area (Å²) < 4.78 is 10.5. The number of rotatable bonds is 8. The molecule has 9 atom stereocenters. The number of nitrogens with two attached hydrogens (primary N) is 2. The summed E-state index contributed by atoms with van der Waals surface area (Å²) in [5, 5.41) is 66.4. The minimum Gasteiger partial charge on any atom is -0.395 e. The van der Waals surface area contributed by atoms with E-state index in [1.807, 2.05) is 0 Å². The van der Waals surface area contributed by atoms with E-state index in [9.17, 15) is 20.4 Å². The molecule has 4 unspecified atom stereocenters. The molecule has 23 heavy (non-hydrogen) atoms. The second-order valence-electron chi connectivity index (χ2n) is 5.47. The molecule has 1 saturated heterocycles. The van der Waals surface area contributed by atoms with Gasteiger partial charge in [0.15, 0.2) is 6.29 Å². The van der Waals surface area contributed by atoms with Crippen LogP contribution in [0, 0.1) is 0 Å². The Bertz CT molecular complexity index is 348. The Kier molecular flexibility index (Phi) is 8.20. The van der Waals surface area contributed by atoms with E-state index >= 15 is 0 Å². The molecule has 0 amide bonds. The standard InChI is InChI=1S/C12H26N2O9/c13-4(1-15)8(19)11(5(18)2-16)23-12-7(14)10(21)9(20)6(3-17)22-12/h4-12,15-21H,1-3,13-14H2/t4?,5?,6?,7?,8-,9+,10-,11+,12+/m1/s1. The van der Waals surface area contributed by atoms with Gasteiger partial charge in [0.1, 0.15) is 36.6 Å². The van der Waals surface area contributed by atoms with Gasteiger partial charge in [-0.05, 0) is 0 Å². The summed E-state index contributed by atoms with van der Waals surface area (Å²) in [6.07, 6.45) is -10.2. The lowest BCUT2D eigenvalue weighted by Gasteiger charge is -2.43. The molecule has 0 aliphatic carbocycles. The maximum Gasteiger partial charge on any atom is 0.176 e. The maximum absolute atomic E-state index is 10.00. The van der Waals surface area contributed by atoms with Gasteiger partial charge in [-0.1, -0.05) is 0 Å². The Labute approximate surface area is 132 Å². The van der Waals surface area contributed by atoms with Crippen LogP contribution in [0.2, 0.25) is 0 Å². The Morgan fingerprint density at radius 3 is 2.13 bits per heavy atom. The quantitative estimate of drug-likeness (QED) is 0.202. The van der Waals surface area contributed by atoms with Crippen LogP contribution in [-0.4, -0.2) is 111 Å². The van der Waals surface area contributed by atoms with Crippen molar-refractivity contribution in [1.29, 1.82) is 0 Å². The molecular weight excluding hydrogens is 316 g/mol. The molecule has 0 saturated carbocycles. The predicted octanol–water partition coefficient (Wildman–Crippen LogP) is -5.83. The number of aliphatic hydroxyl groups excluding tert-OH is 7.